The second-order valence-electron chi connectivity index (χ2n) is 4.00. The van der Waals surface area contributed by atoms with Crippen molar-refractivity contribution in [2.75, 3.05) is 26.4 Å². The average Bonchev–Trinajstić information content (AvgIpc) is 2.53. The molecule has 0 bridgehead atoms. The van der Waals surface area contributed by atoms with Gasteiger partial charge in [0.2, 0.25) is 0 Å². The molecule has 0 aromatic rings. The highest BCUT2D eigenvalue weighted by Crippen LogP contribution is 2.16. The first-order chi connectivity index (χ1) is 5.64. The lowest BCUT2D eigenvalue weighted by atomic mass is 10.1. The number of rotatable bonds is 4. The van der Waals surface area contributed by atoms with E-state index in [1.807, 2.05) is 13.8 Å². The van der Waals surface area contributed by atoms with Crippen LogP contribution < -0.4 is 5.73 Å². The van der Waals surface area contributed by atoms with Gasteiger partial charge in [-0.25, -0.2) is 0 Å². The van der Waals surface area contributed by atoms with Crippen molar-refractivity contribution in [1.29, 1.82) is 0 Å². The normalized spacial score (nSPS) is 24.8. The maximum atomic E-state index is 5.66. The number of nitrogens with two attached hydrogens (primary N) is 1. The van der Waals surface area contributed by atoms with E-state index in [4.69, 9.17) is 15.2 Å². The Hall–Kier alpha value is -0.120. The lowest BCUT2D eigenvalue weighted by molar-refractivity contribution is -0.0296. The predicted molar refractivity (Wildman–Crippen MR) is 48.0 cm³/mol. The SMILES string of the molecule is CC(C)(CN)OCC1CCOC1. The Morgan fingerprint density at radius 3 is 2.83 bits per heavy atom. The van der Waals surface area contributed by atoms with Crippen LogP contribution >= 0.6 is 0 Å². The zero-order valence-electron chi connectivity index (χ0n) is 8.01. The summed E-state index contributed by atoms with van der Waals surface area (Å²) < 4.78 is 10.9. The van der Waals surface area contributed by atoms with Gasteiger partial charge in [-0.05, 0) is 20.3 Å². The van der Waals surface area contributed by atoms with E-state index in [2.05, 4.69) is 0 Å². The zero-order valence-corrected chi connectivity index (χ0v) is 8.01. The summed E-state index contributed by atoms with van der Waals surface area (Å²) in [5, 5.41) is 0. The standard InChI is InChI=1S/C9H19NO2/c1-9(2,7-10)12-6-8-3-4-11-5-8/h8H,3-7,10H2,1-2H3. The third kappa shape index (κ3) is 3.09. The summed E-state index contributed by atoms with van der Waals surface area (Å²) in [7, 11) is 0. The number of hydrogen-bond donors (Lipinski definition) is 1. The second-order valence-corrected chi connectivity index (χ2v) is 4.00. The molecule has 0 saturated carbocycles. The third-order valence-corrected chi connectivity index (χ3v) is 2.23. The summed E-state index contributed by atoms with van der Waals surface area (Å²) >= 11 is 0. The van der Waals surface area contributed by atoms with Crippen molar-refractivity contribution in [1.82, 2.24) is 0 Å². The van der Waals surface area contributed by atoms with Crippen LogP contribution in [0.15, 0.2) is 0 Å². The maximum Gasteiger partial charge on any atom is 0.0748 e. The molecule has 1 rings (SSSR count). The Bertz CT molecular complexity index is 130. The summed E-state index contributed by atoms with van der Waals surface area (Å²) in [6.07, 6.45) is 1.13. The fraction of sp³-hybridized carbons (Fsp3) is 1.00. The minimum Gasteiger partial charge on any atom is -0.381 e. The molecule has 72 valence electrons. The highest BCUT2D eigenvalue weighted by atomic mass is 16.5. The first-order valence-corrected chi connectivity index (χ1v) is 4.56. The van der Waals surface area contributed by atoms with E-state index in [0.717, 1.165) is 26.2 Å². The van der Waals surface area contributed by atoms with Gasteiger partial charge in [0.05, 0.1) is 18.8 Å². The molecule has 0 aromatic carbocycles. The third-order valence-electron chi connectivity index (χ3n) is 2.23. The first kappa shape index (κ1) is 9.96. The fourth-order valence-electron chi connectivity index (χ4n) is 1.12. The minimum atomic E-state index is -0.178. The quantitative estimate of drug-likeness (QED) is 0.683. The van der Waals surface area contributed by atoms with E-state index in [0.29, 0.717) is 12.5 Å². The number of hydrogen-bond acceptors (Lipinski definition) is 3. The zero-order chi connectivity index (χ0) is 9.03. The monoisotopic (exact) mass is 173 g/mol. The van der Waals surface area contributed by atoms with E-state index in [1.54, 1.807) is 0 Å². The molecule has 1 atom stereocenters. The Labute approximate surface area is 74.2 Å². The Morgan fingerprint density at radius 1 is 1.58 bits per heavy atom. The minimum absolute atomic E-state index is 0.178. The van der Waals surface area contributed by atoms with Gasteiger partial charge < -0.3 is 15.2 Å². The molecule has 3 nitrogen and oxygen atoms in total. The van der Waals surface area contributed by atoms with Gasteiger partial charge in [0.25, 0.3) is 0 Å². The van der Waals surface area contributed by atoms with E-state index in [-0.39, 0.29) is 5.60 Å². The summed E-state index contributed by atoms with van der Waals surface area (Å²) in [4.78, 5) is 0. The molecule has 0 spiro atoms. The molecule has 0 aliphatic carbocycles. The van der Waals surface area contributed by atoms with Crippen LogP contribution in [0, 0.1) is 5.92 Å². The van der Waals surface area contributed by atoms with Gasteiger partial charge in [-0.2, -0.15) is 0 Å². The lowest BCUT2D eigenvalue weighted by Gasteiger charge is -2.24. The molecule has 0 aromatic heterocycles. The fourth-order valence-corrected chi connectivity index (χ4v) is 1.12. The van der Waals surface area contributed by atoms with Gasteiger partial charge in [-0.3, -0.25) is 0 Å². The molecular formula is C9H19NO2. The van der Waals surface area contributed by atoms with Crippen LogP contribution in [0.3, 0.4) is 0 Å². The van der Waals surface area contributed by atoms with Gasteiger partial charge in [0.15, 0.2) is 0 Å². The predicted octanol–water partition coefficient (Wildman–Crippen LogP) is 0.777. The van der Waals surface area contributed by atoms with Crippen molar-refractivity contribution in [3.8, 4) is 0 Å². The first-order valence-electron chi connectivity index (χ1n) is 4.56. The van der Waals surface area contributed by atoms with E-state index in [1.165, 1.54) is 0 Å². The van der Waals surface area contributed by atoms with Crippen LogP contribution in [0.25, 0.3) is 0 Å². The maximum absolute atomic E-state index is 5.66. The Kier molecular flexibility index (Phi) is 3.50. The van der Waals surface area contributed by atoms with Crippen LogP contribution in [0.5, 0.6) is 0 Å². The molecule has 0 radical (unpaired) electrons. The van der Waals surface area contributed by atoms with E-state index < -0.39 is 0 Å². The van der Waals surface area contributed by atoms with Gasteiger partial charge in [-0.1, -0.05) is 0 Å². The molecule has 12 heavy (non-hydrogen) atoms. The van der Waals surface area contributed by atoms with E-state index >= 15 is 0 Å². The Balaban J connectivity index is 2.15. The van der Waals surface area contributed by atoms with Gasteiger partial charge in [0.1, 0.15) is 0 Å². The molecule has 3 heteroatoms. The number of ether oxygens (including phenoxy) is 2. The smallest absolute Gasteiger partial charge is 0.0748 e. The van der Waals surface area contributed by atoms with Crippen molar-refractivity contribution >= 4 is 0 Å². The van der Waals surface area contributed by atoms with Crippen LogP contribution in [0.4, 0.5) is 0 Å². The molecule has 0 amide bonds. The van der Waals surface area contributed by atoms with Crippen molar-refractivity contribution < 1.29 is 9.47 Å². The van der Waals surface area contributed by atoms with Crippen LogP contribution in [-0.2, 0) is 9.47 Å². The van der Waals surface area contributed by atoms with Crippen molar-refractivity contribution in [3.63, 3.8) is 0 Å². The molecule has 1 fully saturated rings. The molecule has 1 heterocycles. The van der Waals surface area contributed by atoms with Gasteiger partial charge in [0, 0.05) is 19.1 Å². The molecular weight excluding hydrogens is 154 g/mol. The van der Waals surface area contributed by atoms with Crippen molar-refractivity contribution in [3.05, 3.63) is 0 Å². The van der Waals surface area contributed by atoms with Crippen molar-refractivity contribution in [2.24, 2.45) is 11.7 Å². The average molecular weight is 173 g/mol. The van der Waals surface area contributed by atoms with Crippen LogP contribution in [-0.4, -0.2) is 32.0 Å². The summed E-state index contributed by atoms with van der Waals surface area (Å²) in [5.41, 5.74) is 5.36. The van der Waals surface area contributed by atoms with Crippen molar-refractivity contribution in [2.45, 2.75) is 25.9 Å². The highest BCUT2D eigenvalue weighted by molar-refractivity contribution is 4.71. The molecule has 1 aliphatic heterocycles. The molecule has 2 N–H and O–H groups in total. The summed E-state index contributed by atoms with van der Waals surface area (Å²) in [5.74, 6) is 0.579. The van der Waals surface area contributed by atoms with Gasteiger partial charge in [-0.15, -0.1) is 0 Å². The molecule has 1 saturated heterocycles. The molecule has 1 unspecified atom stereocenters. The second kappa shape index (κ2) is 4.21. The Morgan fingerprint density at radius 2 is 2.33 bits per heavy atom. The largest absolute Gasteiger partial charge is 0.381 e. The highest BCUT2D eigenvalue weighted by Gasteiger charge is 2.21. The molecule has 1 aliphatic rings. The topological polar surface area (TPSA) is 44.5 Å². The summed E-state index contributed by atoms with van der Waals surface area (Å²) in [6, 6.07) is 0. The van der Waals surface area contributed by atoms with Gasteiger partial charge >= 0.3 is 0 Å². The van der Waals surface area contributed by atoms with Crippen LogP contribution in [0.1, 0.15) is 20.3 Å². The van der Waals surface area contributed by atoms with Crippen LogP contribution in [0.2, 0.25) is 0 Å². The van der Waals surface area contributed by atoms with E-state index in [9.17, 15) is 0 Å². The summed E-state index contributed by atoms with van der Waals surface area (Å²) in [6.45, 7) is 7.12. The lowest BCUT2D eigenvalue weighted by Crippen LogP contribution is -2.35.